The third-order valence-electron chi connectivity index (χ3n) is 3.00. The normalized spacial score (nSPS) is 12.1. The number of carbonyl (C=O) groups excluding carboxylic acids is 1. The zero-order valence-corrected chi connectivity index (χ0v) is 13.6. The Morgan fingerprint density at radius 3 is 2.90 bits per heavy atom. The molecule has 0 aliphatic rings. The maximum absolute atomic E-state index is 12.4. The highest BCUT2D eigenvalue weighted by atomic mass is 79.9. The predicted octanol–water partition coefficient (Wildman–Crippen LogP) is 4.36. The van der Waals surface area contributed by atoms with E-state index in [9.17, 15) is 4.79 Å². The van der Waals surface area contributed by atoms with Crippen LogP contribution in [0.4, 0.5) is 5.69 Å². The lowest BCUT2D eigenvalue weighted by Crippen LogP contribution is -2.28. The fraction of sp³-hybridized carbons (Fsp3) is 0.267. The van der Waals surface area contributed by atoms with Gasteiger partial charge in [-0.25, -0.2) is 0 Å². The van der Waals surface area contributed by atoms with Crippen molar-refractivity contribution in [1.29, 1.82) is 0 Å². The molecule has 20 heavy (non-hydrogen) atoms. The first kappa shape index (κ1) is 15.1. The second-order valence-electron chi connectivity index (χ2n) is 4.57. The third-order valence-corrected chi connectivity index (χ3v) is 4.68. The highest BCUT2D eigenvalue weighted by Gasteiger charge is 2.17. The number of nitrogens with two attached hydrogens (primary N) is 1. The molecule has 3 nitrogen and oxygen atoms in total. The van der Waals surface area contributed by atoms with E-state index in [1.165, 1.54) is 4.88 Å². The fourth-order valence-corrected chi connectivity index (χ4v) is 3.26. The number of nitrogen functional groups attached to an aromatic ring is 1. The van der Waals surface area contributed by atoms with Crippen molar-refractivity contribution >= 4 is 38.9 Å². The Morgan fingerprint density at radius 1 is 1.45 bits per heavy atom. The van der Waals surface area contributed by atoms with Crippen LogP contribution in [0.25, 0.3) is 0 Å². The molecule has 3 N–H and O–H groups in total. The van der Waals surface area contributed by atoms with Crippen LogP contribution >= 0.6 is 27.3 Å². The van der Waals surface area contributed by atoms with Crippen molar-refractivity contribution in [1.82, 2.24) is 5.32 Å². The number of thiophene rings is 1. The molecule has 106 valence electrons. The maximum Gasteiger partial charge on any atom is 0.253 e. The summed E-state index contributed by atoms with van der Waals surface area (Å²) in [6.45, 7) is 2.11. The summed E-state index contributed by atoms with van der Waals surface area (Å²) in [6, 6.07) is 9.37. The van der Waals surface area contributed by atoms with E-state index in [2.05, 4.69) is 34.2 Å². The minimum atomic E-state index is -0.101. The van der Waals surface area contributed by atoms with E-state index in [-0.39, 0.29) is 11.9 Å². The molecule has 1 atom stereocenters. The first-order chi connectivity index (χ1) is 9.61. The van der Waals surface area contributed by atoms with E-state index < -0.39 is 0 Å². The van der Waals surface area contributed by atoms with Crippen molar-refractivity contribution in [2.75, 3.05) is 5.73 Å². The molecule has 1 amide bonds. The first-order valence-corrected chi connectivity index (χ1v) is 8.18. The number of amides is 1. The van der Waals surface area contributed by atoms with E-state index in [4.69, 9.17) is 5.73 Å². The zero-order chi connectivity index (χ0) is 14.5. The average Bonchev–Trinajstić information content (AvgIpc) is 2.95. The first-order valence-electron chi connectivity index (χ1n) is 6.51. The molecule has 0 bridgehead atoms. The van der Waals surface area contributed by atoms with Crippen molar-refractivity contribution < 1.29 is 4.79 Å². The number of anilines is 1. The van der Waals surface area contributed by atoms with Gasteiger partial charge in [0, 0.05) is 15.0 Å². The summed E-state index contributed by atoms with van der Waals surface area (Å²) in [6.07, 6.45) is 1.94. The molecule has 0 aliphatic heterocycles. The Bertz CT molecular complexity index is 584. The minimum Gasteiger partial charge on any atom is -0.399 e. The predicted molar refractivity (Wildman–Crippen MR) is 88.0 cm³/mol. The quantitative estimate of drug-likeness (QED) is 0.785. The van der Waals surface area contributed by atoms with Gasteiger partial charge in [0.05, 0.1) is 11.6 Å². The number of nitrogens with one attached hydrogen (secondary N) is 1. The summed E-state index contributed by atoms with van der Waals surface area (Å²) in [7, 11) is 0. The van der Waals surface area contributed by atoms with Gasteiger partial charge in [-0.2, -0.15) is 0 Å². The van der Waals surface area contributed by atoms with Gasteiger partial charge in [0.1, 0.15) is 0 Å². The van der Waals surface area contributed by atoms with Crippen LogP contribution in [-0.2, 0) is 0 Å². The second kappa shape index (κ2) is 6.90. The van der Waals surface area contributed by atoms with Gasteiger partial charge in [-0.3, -0.25) is 4.79 Å². The minimum absolute atomic E-state index is 0.0563. The van der Waals surface area contributed by atoms with E-state index in [0.29, 0.717) is 11.3 Å². The van der Waals surface area contributed by atoms with Crippen LogP contribution in [0.2, 0.25) is 0 Å². The summed E-state index contributed by atoms with van der Waals surface area (Å²) < 4.78 is 0.755. The molecule has 0 aliphatic carbocycles. The lowest BCUT2D eigenvalue weighted by Gasteiger charge is -2.17. The van der Waals surface area contributed by atoms with Gasteiger partial charge >= 0.3 is 0 Å². The number of carbonyl (C=O) groups is 1. The summed E-state index contributed by atoms with van der Waals surface area (Å²) >= 11 is 5.06. The lowest BCUT2D eigenvalue weighted by molar-refractivity contribution is 0.0934. The van der Waals surface area contributed by atoms with Crippen LogP contribution in [0.1, 0.15) is 41.0 Å². The van der Waals surface area contributed by atoms with E-state index in [1.807, 2.05) is 11.4 Å². The lowest BCUT2D eigenvalue weighted by atomic mass is 10.1. The molecule has 1 unspecified atom stereocenters. The Morgan fingerprint density at radius 2 is 2.25 bits per heavy atom. The second-order valence-corrected chi connectivity index (χ2v) is 6.40. The molecule has 2 rings (SSSR count). The number of hydrogen-bond donors (Lipinski definition) is 2. The SMILES string of the molecule is CCCC(NC(=O)c1cc(N)ccc1Br)c1cccs1. The van der Waals surface area contributed by atoms with Gasteiger partial charge in [-0.05, 0) is 52.0 Å². The number of rotatable bonds is 5. The highest BCUT2D eigenvalue weighted by Crippen LogP contribution is 2.25. The molecule has 0 radical (unpaired) electrons. The topological polar surface area (TPSA) is 55.1 Å². The van der Waals surface area contributed by atoms with Crippen molar-refractivity contribution in [2.45, 2.75) is 25.8 Å². The number of benzene rings is 1. The van der Waals surface area contributed by atoms with Crippen molar-refractivity contribution in [3.05, 3.63) is 50.6 Å². The summed E-state index contributed by atoms with van der Waals surface area (Å²) in [5.74, 6) is -0.101. The van der Waals surface area contributed by atoms with Gasteiger partial charge in [0.2, 0.25) is 0 Å². The van der Waals surface area contributed by atoms with E-state index in [1.54, 1.807) is 29.5 Å². The third kappa shape index (κ3) is 3.61. The molecular weight excluding hydrogens is 336 g/mol. The Balaban J connectivity index is 2.18. The van der Waals surface area contributed by atoms with Crippen LogP contribution in [0.3, 0.4) is 0 Å². The van der Waals surface area contributed by atoms with Crippen molar-refractivity contribution in [3.63, 3.8) is 0 Å². The van der Waals surface area contributed by atoms with Crippen LogP contribution < -0.4 is 11.1 Å². The number of halogens is 1. The average molecular weight is 353 g/mol. The monoisotopic (exact) mass is 352 g/mol. The standard InChI is InChI=1S/C15H17BrN2OS/c1-2-4-13(14-5-3-8-20-14)18-15(19)11-9-10(17)6-7-12(11)16/h3,5-9,13H,2,4,17H2,1H3,(H,18,19). The fourth-order valence-electron chi connectivity index (χ4n) is 2.02. The van der Waals surface area contributed by atoms with Gasteiger partial charge in [-0.1, -0.05) is 19.4 Å². The van der Waals surface area contributed by atoms with E-state index in [0.717, 1.165) is 17.3 Å². The molecule has 2 aromatic rings. The molecule has 0 saturated heterocycles. The maximum atomic E-state index is 12.4. The van der Waals surface area contributed by atoms with Gasteiger partial charge in [0.15, 0.2) is 0 Å². The van der Waals surface area contributed by atoms with E-state index >= 15 is 0 Å². The Hall–Kier alpha value is -1.33. The van der Waals surface area contributed by atoms with Gasteiger partial charge < -0.3 is 11.1 Å². The summed E-state index contributed by atoms with van der Waals surface area (Å²) in [4.78, 5) is 13.6. The largest absolute Gasteiger partial charge is 0.399 e. The van der Waals surface area contributed by atoms with Gasteiger partial charge in [0.25, 0.3) is 5.91 Å². The molecule has 0 saturated carbocycles. The molecule has 5 heteroatoms. The Labute approximate surface area is 131 Å². The molecule has 0 fully saturated rings. The Kier molecular flexibility index (Phi) is 5.20. The van der Waals surface area contributed by atoms with Gasteiger partial charge in [-0.15, -0.1) is 11.3 Å². The van der Waals surface area contributed by atoms with Crippen LogP contribution in [0.5, 0.6) is 0 Å². The number of hydrogen-bond acceptors (Lipinski definition) is 3. The highest BCUT2D eigenvalue weighted by molar-refractivity contribution is 9.10. The molecular formula is C15H17BrN2OS. The molecule has 1 heterocycles. The molecule has 1 aromatic carbocycles. The van der Waals surface area contributed by atoms with Crippen LogP contribution in [0, 0.1) is 0 Å². The smallest absolute Gasteiger partial charge is 0.253 e. The van der Waals surface area contributed by atoms with Crippen molar-refractivity contribution in [2.24, 2.45) is 0 Å². The summed E-state index contributed by atoms with van der Waals surface area (Å²) in [5.41, 5.74) is 6.91. The zero-order valence-electron chi connectivity index (χ0n) is 11.2. The van der Waals surface area contributed by atoms with Crippen LogP contribution in [-0.4, -0.2) is 5.91 Å². The van der Waals surface area contributed by atoms with Crippen LogP contribution in [0.15, 0.2) is 40.2 Å². The molecule has 0 spiro atoms. The molecule has 1 aromatic heterocycles. The summed E-state index contributed by atoms with van der Waals surface area (Å²) in [5, 5.41) is 5.12. The van der Waals surface area contributed by atoms with Crippen molar-refractivity contribution in [3.8, 4) is 0 Å².